The number of para-hydroxylation sites is 1. The van der Waals surface area contributed by atoms with Crippen LogP contribution in [0.2, 0.25) is 0 Å². The lowest BCUT2D eigenvalue weighted by Gasteiger charge is -2.33. The maximum absolute atomic E-state index is 12.9. The molecular weight excluding hydrogens is 476 g/mol. The van der Waals surface area contributed by atoms with Crippen molar-refractivity contribution < 1.29 is 18.0 Å². The van der Waals surface area contributed by atoms with Crippen LogP contribution in [0.1, 0.15) is 65.3 Å². The predicted molar refractivity (Wildman–Crippen MR) is 141 cm³/mol. The van der Waals surface area contributed by atoms with Gasteiger partial charge in [0.15, 0.2) is 0 Å². The standard InChI is InChI=1S/C27H36N4O4S/c1-2-36(34,35)31-18-16-30(17-19-31)20-21-12-14-22(15-13-21)26(32)29-25-11-7-6-10-24(25)27(33)28-23-8-4-3-5-9-23/h6-7,10-15,23H,2-5,8-9,16-20H2,1H3,(H,28,33)(H,29,32). The van der Waals surface area contributed by atoms with E-state index in [1.807, 2.05) is 18.2 Å². The molecule has 0 atom stereocenters. The zero-order valence-corrected chi connectivity index (χ0v) is 21.7. The number of hydrogen-bond acceptors (Lipinski definition) is 5. The van der Waals surface area contributed by atoms with Crippen molar-refractivity contribution in [2.75, 3.05) is 37.2 Å². The summed E-state index contributed by atoms with van der Waals surface area (Å²) in [5.74, 6) is -0.288. The highest BCUT2D eigenvalue weighted by atomic mass is 32.2. The quantitative estimate of drug-likeness (QED) is 0.564. The first-order valence-corrected chi connectivity index (χ1v) is 14.5. The third-order valence-electron chi connectivity index (χ3n) is 7.07. The zero-order chi connectivity index (χ0) is 25.5. The maximum Gasteiger partial charge on any atom is 0.255 e. The smallest absolute Gasteiger partial charge is 0.255 e. The fourth-order valence-electron chi connectivity index (χ4n) is 4.86. The normalized spacial score (nSPS) is 18.0. The van der Waals surface area contributed by atoms with Crippen LogP contribution >= 0.6 is 0 Å². The van der Waals surface area contributed by atoms with Gasteiger partial charge in [-0.25, -0.2) is 8.42 Å². The van der Waals surface area contributed by atoms with Crippen molar-refractivity contribution in [3.63, 3.8) is 0 Å². The number of carbonyl (C=O) groups excluding carboxylic acids is 2. The summed E-state index contributed by atoms with van der Waals surface area (Å²) in [5, 5.41) is 6.02. The summed E-state index contributed by atoms with van der Waals surface area (Å²) in [6, 6.07) is 14.7. The Morgan fingerprint density at radius 3 is 2.22 bits per heavy atom. The van der Waals surface area contributed by atoms with Crippen LogP contribution in [0.25, 0.3) is 0 Å². The van der Waals surface area contributed by atoms with Gasteiger partial charge < -0.3 is 10.6 Å². The molecule has 2 amide bonds. The van der Waals surface area contributed by atoms with Crippen LogP contribution in [-0.4, -0.2) is 67.4 Å². The van der Waals surface area contributed by atoms with Gasteiger partial charge in [0, 0.05) is 44.3 Å². The van der Waals surface area contributed by atoms with Crippen LogP contribution in [0, 0.1) is 0 Å². The van der Waals surface area contributed by atoms with Gasteiger partial charge in [-0.2, -0.15) is 4.31 Å². The Balaban J connectivity index is 1.33. The van der Waals surface area contributed by atoms with E-state index in [0.29, 0.717) is 49.5 Å². The van der Waals surface area contributed by atoms with E-state index < -0.39 is 10.0 Å². The van der Waals surface area contributed by atoms with Crippen LogP contribution in [0.15, 0.2) is 48.5 Å². The van der Waals surface area contributed by atoms with Crippen LogP contribution in [0.3, 0.4) is 0 Å². The molecule has 0 bridgehead atoms. The molecule has 0 radical (unpaired) electrons. The van der Waals surface area contributed by atoms with Crippen molar-refractivity contribution in [1.29, 1.82) is 0 Å². The number of sulfonamides is 1. The Bertz CT molecular complexity index is 1150. The largest absolute Gasteiger partial charge is 0.349 e. The Kier molecular flexibility index (Phi) is 8.77. The zero-order valence-electron chi connectivity index (χ0n) is 20.9. The molecule has 1 saturated heterocycles. The van der Waals surface area contributed by atoms with E-state index in [1.165, 1.54) is 6.42 Å². The van der Waals surface area contributed by atoms with Crippen molar-refractivity contribution >= 4 is 27.5 Å². The molecule has 1 aliphatic heterocycles. The van der Waals surface area contributed by atoms with Gasteiger partial charge in [0.1, 0.15) is 0 Å². The van der Waals surface area contributed by atoms with E-state index in [0.717, 1.165) is 31.2 Å². The Hall–Kier alpha value is -2.75. The first-order chi connectivity index (χ1) is 17.4. The third kappa shape index (κ3) is 6.72. The van der Waals surface area contributed by atoms with Gasteiger partial charge in [-0.15, -0.1) is 0 Å². The summed E-state index contributed by atoms with van der Waals surface area (Å²) in [4.78, 5) is 28.0. The molecule has 1 saturated carbocycles. The first kappa shape index (κ1) is 26.3. The minimum atomic E-state index is -3.14. The van der Waals surface area contributed by atoms with Crippen molar-refractivity contribution in [3.8, 4) is 0 Å². The molecule has 8 nitrogen and oxygen atoms in total. The lowest BCUT2D eigenvalue weighted by Crippen LogP contribution is -2.48. The minimum absolute atomic E-state index is 0.131. The number of piperazine rings is 1. The number of hydrogen-bond donors (Lipinski definition) is 2. The summed E-state index contributed by atoms with van der Waals surface area (Å²) in [6.45, 7) is 4.74. The number of nitrogens with one attached hydrogen (secondary N) is 2. The van der Waals surface area contributed by atoms with Gasteiger partial charge in [-0.05, 0) is 49.6 Å². The van der Waals surface area contributed by atoms with Crippen molar-refractivity contribution in [2.24, 2.45) is 0 Å². The van der Waals surface area contributed by atoms with Gasteiger partial charge in [0.05, 0.1) is 17.0 Å². The van der Waals surface area contributed by atoms with E-state index in [9.17, 15) is 18.0 Å². The number of benzene rings is 2. The fourth-order valence-corrected chi connectivity index (χ4v) is 5.95. The van der Waals surface area contributed by atoms with Crippen molar-refractivity contribution in [1.82, 2.24) is 14.5 Å². The average Bonchev–Trinajstić information content (AvgIpc) is 2.90. The molecule has 36 heavy (non-hydrogen) atoms. The van der Waals surface area contributed by atoms with E-state index in [2.05, 4.69) is 15.5 Å². The molecule has 0 unspecified atom stereocenters. The summed E-state index contributed by atoms with van der Waals surface area (Å²) in [6.07, 6.45) is 5.49. The topological polar surface area (TPSA) is 98.8 Å². The molecule has 2 aromatic rings. The molecular formula is C27H36N4O4S. The highest BCUT2D eigenvalue weighted by molar-refractivity contribution is 7.89. The molecule has 2 fully saturated rings. The number of carbonyl (C=O) groups is 2. The number of nitrogens with zero attached hydrogens (tertiary/aromatic N) is 2. The summed E-state index contributed by atoms with van der Waals surface area (Å²) >= 11 is 0. The van der Waals surface area contributed by atoms with Crippen LogP contribution < -0.4 is 10.6 Å². The summed E-state index contributed by atoms with van der Waals surface area (Å²) in [5.41, 5.74) is 2.54. The summed E-state index contributed by atoms with van der Waals surface area (Å²) < 4.78 is 25.7. The van der Waals surface area contributed by atoms with Crippen molar-refractivity contribution in [2.45, 2.75) is 51.6 Å². The molecule has 0 spiro atoms. The van der Waals surface area contributed by atoms with Gasteiger partial charge >= 0.3 is 0 Å². The van der Waals surface area contributed by atoms with Gasteiger partial charge in [0.2, 0.25) is 10.0 Å². The van der Waals surface area contributed by atoms with E-state index >= 15 is 0 Å². The molecule has 4 rings (SSSR count). The second-order valence-electron chi connectivity index (χ2n) is 9.58. The summed E-state index contributed by atoms with van der Waals surface area (Å²) in [7, 11) is -3.14. The predicted octanol–water partition coefficient (Wildman–Crippen LogP) is 3.47. The molecule has 194 valence electrons. The van der Waals surface area contributed by atoms with E-state index in [1.54, 1.807) is 41.6 Å². The molecule has 0 aromatic heterocycles. The SMILES string of the molecule is CCS(=O)(=O)N1CCN(Cc2ccc(C(=O)Nc3ccccc3C(=O)NC3CCCCC3)cc2)CC1. The maximum atomic E-state index is 12.9. The van der Waals surface area contributed by atoms with Gasteiger partial charge in [0.25, 0.3) is 11.8 Å². The average molecular weight is 513 g/mol. The highest BCUT2D eigenvalue weighted by Crippen LogP contribution is 2.21. The first-order valence-electron chi connectivity index (χ1n) is 12.9. The van der Waals surface area contributed by atoms with E-state index in [-0.39, 0.29) is 23.6 Å². The lowest BCUT2D eigenvalue weighted by atomic mass is 9.95. The van der Waals surface area contributed by atoms with Crippen LogP contribution in [0.4, 0.5) is 5.69 Å². The van der Waals surface area contributed by atoms with Gasteiger partial charge in [-0.1, -0.05) is 43.5 Å². The Labute approximate surface area is 214 Å². The monoisotopic (exact) mass is 512 g/mol. The van der Waals surface area contributed by atoms with Gasteiger partial charge in [-0.3, -0.25) is 14.5 Å². The fraction of sp³-hybridized carbons (Fsp3) is 0.481. The number of amides is 2. The lowest BCUT2D eigenvalue weighted by molar-refractivity contribution is 0.0928. The molecule has 1 aliphatic carbocycles. The van der Waals surface area contributed by atoms with Crippen LogP contribution in [-0.2, 0) is 16.6 Å². The second-order valence-corrected chi connectivity index (χ2v) is 11.8. The van der Waals surface area contributed by atoms with Crippen LogP contribution in [0.5, 0.6) is 0 Å². The second kappa shape index (κ2) is 12.0. The Morgan fingerprint density at radius 2 is 1.56 bits per heavy atom. The minimum Gasteiger partial charge on any atom is -0.349 e. The number of rotatable bonds is 8. The number of anilines is 1. The third-order valence-corrected chi connectivity index (χ3v) is 8.95. The van der Waals surface area contributed by atoms with E-state index in [4.69, 9.17) is 0 Å². The van der Waals surface area contributed by atoms with Crippen molar-refractivity contribution in [3.05, 3.63) is 65.2 Å². The highest BCUT2D eigenvalue weighted by Gasteiger charge is 2.25. The molecule has 1 heterocycles. The molecule has 2 aliphatic rings. The molecule has 2 aromatic carbocycles. The molecule has 9 heteroatoms. The molecule has 2 N–H and O–H groups in total. The Morgan fingerprint density at radius 1 is 0.889 bits per heavy atom.